The Labute approximate surface area is 141 Å². The minimum Gasteiger partial charge on any atom is -0.545 e. The topological polar surface area (TPSA) is 107 Å². The Morgan fingerprint density at radius 1 is 1.38 bits per heavy atom. The predicted molar refractivity (Wildman–Crippen MR) is 79.1 cm³/mol. The second-order valence-electron chi connectivity index (χ2n) is 6.02. The fourth-order valence-electron chi connectivity index (χ4n) is 3.75. The first-order valence-corrected chi connectivity index (χ1v) is 7.64. The van der Waals surface area contributed by atoms with E-state index in [0.29, 0.717) is 0 Å². The molecule has 1 N–H and O–H groups in total. The first-order chi connectivity index (χ1) is 11.4. The number of amides is 2. The summed E-state index contributed by atoms with van der Waals surface area (Å²) in [5.74, 6) is -4.07. The fourth-order valence-corrected chi connectivity index (χ4v) is 3.94. The average molecular weight is 349 g/mol. The lowest BCUT2D eigenvalue weighted by molar-refractivity contribution is -0.255. The Morgan fingerprint density at radius 2 is 2.12 bits per heavy atom. The van der Waals surface area contributed by atoms with Crippen molar-refractivity contribution in [2.75, 3.05) is 11.5 Å². The lowest BCUT2D eigenvalue weighted by Crippen LogP contribution is -2.43. The van der Waals surface area contributed by atoms with Crippen LogP contribution in [0.2, 0.25) is 5.02 Å². The van der Waals surface area contributed by atoms with Crippen molar-refractivity contribution in [2.24, 2.45) is 11.8 Å². The molecule has 3 heterocycles. The van der Waals surface area contributed by atoms with E-state index in [9.17, 15) is 24.6 Å². The maximum atomic E-state index is 12.8. The van der Waals surface area contributed by atoms with E-state index in [0.717, 1.165) is 11.0 Å². The summed E-state index contributed by atoms with van der Waals surface area (Å²) in [5.41, 5.74) is -1.39. The van der Waals surface area contributed by atoms with Gasteiger partial charge in [0.1, 0.15) is 5.60 Å². The van der Waals surface area contributed by atoms with E-state index < -0.39 is 47.9 Å². The van der Waals surface area contributed by atoms with E-state index in [1.54, 1.807) is 12.2 Å². The third-order valence-electron chi connectivity index (χ3n) is 4.83. The zero-order chi connectivity index (χ0) is 17.2. The number of aromatic carboxylic acids is 1. The molecule has 0 spiro atoms. The van der Waals surface area contributed by atoms with Gasteiger partial charge < -0.3 is 19.7 Å². The van der Waals surface area contributed by atoms with E-state index in [1.807, 2.05) is 0 Å². The number of carbonyl (C=O) groups excluding carboxylic acids is 3. The maximum Gasteiger partial charge on any atom is 0.241 e. The number of rotatable bonds is 3. The van der Waals surface area contributed by atoms with Crippen molar-refractivity contribution in [1.82, 2.24) is 0 Å². The number of hydrogen-bond acceptors (Lipinski definition) is 6. The summed E-state index contributed by atoms with van der Waals surface area (Å²) in [7, 11) is 0. The average Bonchev–Trinajstić information content (AvgIpc) is 3.19. The molecule has 0 unspecified atom stereocenters. The van der Waals surface area contributed by atoms with Gasteiger partial charge in [-0.3, -0.25) is 9.59 Å². The lowest BCUT2D eigenvalue weighted by Gasteiger charge is -2.26. The van der Waals surface area contributed by atoms with Crippen molar-refractivity contribution in [3.05, 3.63) is 40.9 Å². The Bertz CT molecular complexity index is 821. The number of imide groups is 1. The summed E-state index contributed by atoms with van der Waals surface area (Å²) in [4.78, 5) is 37.6. The number of halogens is 1. The number of anilines is 1. The minimum absolute atomic E-state index is 0.0464. The number of benzene rings is 1. The van der Waals surface area contributed by atoms with Gasteiger partial charge in [-0.1, -0.05) is 23.8 Å². The monoisotopic (exact) mass is 348 g/mol. The second kappa shape index (κ2) is 4.89. The van der Waals surface area contributed by atoms with E-state index in [2.05, 4.69) is 0 Å². The molecular weight excluding hydrogens is 338 g/mol. The van der Waals surface area contributed by atoms with Crippen molar-refractivity contribution < 1.29 is 29.3 Å². The van der Waals surface area contributed by atoms with Crippen molar-refractivity contribution >= 4 is 35.1 Å². The molecule has 0 aromatic heterocycles. The Balaban J connectivity index is 1.77. The lowest BCUT2D eigenvalue weighted by atomic mass is 9.77. The van der Waals surface area contributed by atoms with Gasteiger partial charge in [-0.2, -0.15) is 0 Å². The van der Waals surface area contributed by atoms with Crippen LogP contribution >= 0.6 is 11.6 Å². The van der Waals surface area contributed by atoms with Crippen molar-refractivity contribution in [3.63, 3.8) is 0 Å². The third-order valence-corrected chi connectivity index (χ3v) is 5.16. The molecule has 0 aliphatic carbocycles. The molecule has 3 aliphatic rings. The van der Waals surface area contributed by atoms with Crippen LogP contribution in [0.3, 0.4) is 0 Å². The third kappa shape index (κ3) is 1.77. The van der Waals surface area contributed by atoms with Crippen LogP contribution in [0.15, 0.2) is 30.4 Å². The number of aliphatic hydroxyl groups excluding tert-OH is 1. The smallest absolute Gasteiger partial charge is 0.241 e. The Hall–Kier alpha value is -2.22. The van der Waals surface area contributed by atoms with Gasteiger partial charge >= 0.3 is 0 Å². The molecular formula is C16H11ClNO6-. The number of nitrogens with zero attached hydrogens (tertiary/aromatic N) is 1. The van der Waals surface area contributed by atoms with Crippen LogP contribution in [0.5, 0.6) is 0 Å². The summed E-state index contributed by atoms with van der Waals surface area (Å²) >= 11 is 5.80. The highest BCUT2D eigenvalue weighted by atomic mass is 35.5. The Morgan fingerprint density at radius 3 is 2.79 bits per heavy atom. The molecule has 1 aromatic carbocycles. The van der Waals surface area contributed by atoms with E-state index in [1.165, 1.54) is 12.1 Å². The number of aliphatic hydroxyl groups is 1. The molecule has 0 radical (unpaired) electrons. The molecule has 2 amide bonds. The van der Waals surface area contributed by atoms with E-state index >= 15 is 0 Å². The maximum absolute atomic E-state index is 12.8. The van der Waals surface area contributed by atoms with Crippen molar-refractivity contribution in [3.8, 4) is 0 Å². The highest BCUT2D eigenvalue weighted by molar-refractivity contribution is 6.33. The molecule has 8 heteroatoms. The predicted octanol–water partition coefficient (Wildman–Crippen LogP) is -0.491. The standard InChI is InChI=1S/C16H12ClNO6/c17-9-2-1-7(5-8(9)15(22)23)18-13(20)11-10-3-4-16(6-19,24-10)12(11)14(18)21/h1-5,10-12,19H,6H2,(H,22,23)/p-1/t10-,11-,12+,16-/m1/s1. The van der Waals surface area contributed by atoms with Crippen molar-refractivity contribution in [1.29, 1.82) is 0 Å². The van der Waals surface area contributed by atoms with Gasteiger partial charge in [0.05, 0.1) is 36.2 Å². The summed E-state index contributed by atoms with van der Waals surface area (Å²) in [6.07, 6.45) is 2.71. The van der Waals surface area contributed by atoms with Gasteiger partial charge in [0.15, 0.2) is 0 Å². The van der Waals surface area contributed by atoms with Crippen LogP contribution in [0.25, 0.3) is 0 Å². The largest absolute Gasteiger partial charge is 0.545 e. The molecule has 0 saturated carbocycles. The van der Waals surface area contributed by atoms with Crippen molar-refractivity contribution in [2.45, 2.75) is 11.7 Å². The molecule has 2 fully saturated rings. The summed E-state index contributed by atoms with van der Waals surface area (Å²) in [6, 6.07) is 3.83. The zero-order valence-corrected chi connectivity index (χ0v) is 12.9. The summed E-state index contributed by atoms with van der Waals surface area (Å²) in [5, 5.41) is 20.7. The van der Waals surface area contributed by atoms with Crippen LogP contribution in [0.4, 0.5) is 5.69 Å². The zero-order valence-electron chi connectivity index (χ0n) is 12.1. The highest BCUT2D eigenvalue weighted by Gasteiger charge is 2.67. The number of fused-ring (bicyclic) bond motifs is 5. The van der Waals surface area contributed by atoms with E-state index in [4.69, 9.17) is 16.3 Å². The van der Waals surface area contributed by atoms with Crippen LogP contribution in [0, 0.1) is 11.8 Å². The normalized spacial score (nSPS) is 33.4. The number of carboxylic acid groups (broad SMARTS) is 1. The summed E-state index contributed by atoms with van der Waals surface area (Å²) in [6.45, 7) is -0.418. The molecule has 7 nitrogen and oxygen atoms in total. The molecule has 124 valence electrons. The number of hydrogen-bond donors (Lipinski definition) is 1. The van der Waals surface area contributed by atoms with Gasteiger partial charge in [-0.25, -0.2) is 4.90 Å². The number of ether oxygens (including phenoxy) is 1. The van der Waals surface area contributed by atoms with Crippen LogP contribution in [-0.4, -0.2) is 41.2 Å². The Kier molecular flexibility index (Phi) is 3.12. The molecule has 2 saturated heterocycles. The van der Waals surface area contributed by atoms with Gasteiger partial charge in [-0.05, 0) is 18.2 Å². The van der Waals surface area contributed by atoms with Gasteiger partial charge in [-0.15, -0.1) is 0 Å². The first kappa shape index (κ1) is 15.3. The first-order valence-electron chi connectivity index (χ1n) is 7.26. The molecule has 3 aliphatic heterocycles. The molecule has 4 atom stereocenters. The van der Waals surface area contributed by atoms with E-state index in [-0.39, 0.29) is 16.3 Å². The number of carbonyl (C=O) groups is 3. The highest BCUT2D eigenvalue weighted by Crippen LogP contribution is 2.52. The fraction of sp³-hybridized carbons (Fsp3) is 0.312. The molecule has 1 aromatic rings. The van der Waals surface area contributed by atoms with Gasteiger partial charge in [0.2, 0.25) is 11.8 Å². The molecule has 4 rings (SSSR count). The quantitative estimate of drug-likeness (QED) is 0.583. The number of carboxylic acids is 1. The van der Waals surface area contributed by atoms with Crippen LogP contribution in [-0.2, 0) is 14.3 Å². The second-order valence-corrected chi connectivity index (χ2v) is 6.43. The van der Waals surface area contributed by atoms with Gasteiger partial charge in [0, 0.05) is 10.6 Å². The SMILES string of the molecule is O=C([O-])c1cc(N2C(=O)[C@H]3[C@@H](C2=O)[C@]2(CO)C=C[C@H]3O2)ccc1Cl. The van der Waals surface area contributed by atoms with Crippen LogP contribution < -0.4 is 10.0 Å². The molecule has 24 heavy (non-hydrogen) atoms. The summed E-state index contributed by atoms with van der Waals surface area (Å²) < 4.78 is 5.63. The molecule has 2 bridgehead atoms. The minimum atomic E-state index is -1.50. The van der Waals surface area contributed by atoms with Gasteiger partial charge in [0.25, 0.3) is 0 Å². The van der Waals surface area contributed by atoms with Crippen LogP contribution in [0.1, 0.15) is 10.4 Å².